The number of hydrogen-bond acceptors (Lipinski definition) is 3. The number of nitrogens with zero attached hydrogens (tertiary/aromatic N) is 1. The molecule has 1 aliphatic rings. The van der Waals surface area contributed by atoms with Gasteiger partial charge in [-0.1, -0.05) is 19.1 Å². The van der Waals surface area contributed by atoms with E-state index in [9.17, 15) is 14.7 Å². The minimum absolute atomic E-state index is 0.0299. The van der Waals surface area contributed by atoms with Crippen LogP contribution in [-0.4, -0.2) is 40.1 Å². The molecular formula is C16H18N2O3. The summed E-state index contributed by atoms with van der Waals surface area (Å²) in [5.74, 6) is -0.233. The van der Waals surface area contributed by atoms with Gasteiger partial charge in [0, 0.05) is 30.2 Å². The van der Waals surface area contributed by atoms with Crippen molar-refractivity contribution in [3.05, 3.63) is 46.2 Å². The molecule has 1 aromatic heterocycles. The number of benzene rings is 1. The van der Waals surface area contributed by atoms with Crippen molar-refractivity contribution in [2.24, 2.45) is 5.92 Å². The number of hydrogen-bond donors (Lipinski definition) is 2. The average molecular weight is 286 g/mol. The maximum atomic E-state index is 12.5. The summed E-state index contributed by atoms with van der Waals surface area (Å²) in [6.07, 6.45) is 1.67. The van der Waals surface area contributed by atoms with Crippen LogP contribution in [0.5, 0.6) is 0 Å². The fourth-order valence-electron chi connectivity index (χ4n) is 2.81. The summed E-state index contributed by atoms with van der Waals surface area (Å²) in [5, 5.41) is 10.3. The molecule has 0 saturated carbocycles. The lowest BCUT2D eigenvalue weighted by Crippen LogP contribution is -2.46. The van der Waals surface area contributed by atoms with Gasteiger partial charge in [-0.05, 0) is 24.5 Å². The molecular weight excluding hydrogens is 268 g/mol. The molecule has 0 aliphatic carbocycles. The molecule has 1 saturated heterocycles. The van der Waals surface area contributed by atoms with Crippen molar-refractivity contribution in [1.29, 1.82) is 0 Å². The van der Waals surface area contributed by atoms with Crippen molar-refractivity contribution in [1.82, 2.24) is 9.88 Å². The van der Waals surface area contributed by atoms with E-state index in [0.29, 0.717) is 24.9 Å². The number of nitrogens with one attached hydrogen (secondary N) is 1. The molecule has 0 spiro atoms. The molecule has 5 nitrogen and oxygen atoms in total. The smallest absolute Gasteiger partial charge is 0.259 e. The molecule has 1 aliphatic heterocycles. The van der Waals surface area contributed by atoms with Gasteiger partial charge in [-0.15, -0.1) is 0 Å². The minimum atomic E-state index is -0.371. The van der Waals surface area contributed by atoms with Crippen molar-refractivity contribution >= 4 is 16.8 Å². The lowest BCUT2D eigenvalue weighted by Gasteiger charge is -2.34. The van der Waals surface area contributed by atoms with Gasteiger partial charge in [0.2, 0.25) is 5.43 Å². The first-order chi connectivity index (χ1) is 10.1. The Morgan fingerprint density at radius 3 is 2.90 bits per heavy atom. The highest BCUT2D eigenvalue weighted by Crippen LogP contribution is 2.18. The number of amides is 1. The fraction of sp³-hybridized carbons (Fsp3) is 0.375. The van der Waals surface area contributed by atoms with Crippen LogP contribution in [0.1, 0.15) is 23.7 Å². The number of aliphatic hydroxyl groups is 1. The van der Waals surface area contributed by atoms with Crippen molar-refractivity contribution in [3.63, 3.8) is 0 Å². The van der Waals surface area contributed by atoms with Gasteiger partial charge in [-0.3, -0.25) is 9.59 Å². The lowest BCUT2D eigenvalue weighted by atomic mass is 9.96. The molecule has 2 atom stereocenters. The number of para-hydroxylation sites is 1. The number of H-pyrrole nitrogens is 1. The molecule has 3 rings (SSSR count). The molecule has 110 valence electrons. The van der Waals surface area contributed by atoms with Crippen LogP contribution in [0.2, 0.25) is 0 Å². The van der Waals surface area contributed by atoms with Gasteiger partial charge in [0.1, 0.15) is 5.56 Å². The van der Waals surface area contributed by atoms with Gasteiger partial charge in [0.25, 0.3) is 5.91 Å². The molecule has 2 N–H and O–H groups in total. The Kier molecular flexibility index (Phi) is 3.51. The SMILES string of the molecule is CC1CN(C(=O)c2c[nH]c3ccccc3c2=O)CCC1O. The van der Waals surface area contributed by atoms with Crippen molar-refractivity contribution in [2.45, 2.75) is 19.4 Å². The number of likely N-dealkylation sites (tertiary alicyclic amines) is 1. The van der Waals surface area contributed by atoms with E-state index in [1.807, 2.05) is 19.1 Å². The van der Waals surface area contributed by atoms with Gasteiger partial charge in [-0.2, -0.15) is 0 Å². The first-order valence-electron chi connectivity index (χ1n) is 7.15. The molecule has 2 unspecified atom stereocenters. The maximum absolute atomic E-state index is 12.5. The highest BCUT2D eigenvalue weighted by Gasteiger charge is 2.29. The minimum Gasteiger partial charge on any atom is -0.393 e. The van der Waals surface area contributed by atoms with Crippen LogP contribution in [0.15, 0.2) is 35.3 Å². The molecule has 1 fully saturated rings. The van der Waals surface area contributed by atoms with Crippen LogP contribution in [0, 0.1) is 5.92 Å². The molecule has 0 radical (unpaired) electrons. The van der Waals surface area contributed by atoms with Gasteiger partial charge in [0.15, 0.2) is 0 Å². The second-order valence-electron chi connectivity index (χ2n) is 5.66. The normalized spacial score (nSPS) is 22.5. The van der Waals surface area contributed by atoms with Crippen LogP contribution >= 0.6 is 0 Å². The highest BCUT2D eigenvalue weighted by molar-refractivity contribution is 5.97. The third kappa shape index (κ3) is 2.45. The number of pyridine rings is 1. The Bertz CT molecular complexity index is 738. The summed E-state index contributed by atoms with van der Waals surface area (Å²) in [4.78, 5) is 29.6. The van der Waals surface area contributed by atoms with E-state index < -0.39 is 0 Å². The number of fused-ring (bicyclic) bond motifs is 1. The first-order valence-corrected chi connectivity index (χ1v) is 7.15. The zero-order valence-corrected chi connectivity index (χ0v) is 11.9. The quantitative estimate of drug-likeness (QED) is 0.831. The standard InChI is InChI=1S/C16H18N2O3/c1-10-9-18(7-6-14(10)19)16(21)12-8-17-13-5-3-2-4-11(13)15(12)20/h2-5,8,10,14,19H,6-7,9H2,1H3,(H,17,20). The van der Waals surface area contributed by atoms with Crippen LogP contribution in [-0.2, 0) is 0 Å². The summed E-state index contributed by atoms with van der Waals surface area (Å²) in [7, 11) is 0. The van der Waals surface area contributed by atoms with E-state index in [2.05, 4.69) is 4.98 Å². The fourth-order valence-corrected chi connectivity index (χ4v) is 2.81. The van der Waals surface area contributed by atoms with Crippen LogP contribution < -0.4 is 5.43 Å². The van der Waals surface area contributed by atoms with E-state index in [1.165, 1.54) is 6.20 Å². The van der Waals surface area contributed by atoms with E-state index in [1.54, 1.807) is 17.0 Å². The number of carbonyl (C=O) groups is 1. The molecule has 0 bridgehead atoms. The topological polar surface area (TPSA) is 73.4 Å². The summed E-state index contributed by atoms with van der Waals surface area (Å²) in [5.41, 5.74) is 0.645. The molecule has 2 heterocycles. The zero-order valence-electron chi connectivity index (χ0n) is 11.9. The Balaban J connectivity index is 1.95. The molecule has 5 heteroatoms. The third-order valence-electron chi connectivity index (χ3n) is 4.17. The summed E-state index contributed by atoms with van der Waals surface area (Å²) in [6.45, 7) is 2.87. The van der Waals surface area contributed by atoms with Crippen molar-refractivity contribution in [2.75, 3.05) is 13.1 Å². The van der Waals surface area contributed by atoms with Gasteiger partial charge in [0.05, 0.1) is 6.10 Å². The average Bonchev–Trinajstić information content (AvgIpc) is 2.50. The Hall–Kier alpha value is -2.14. The highest BCUT2D eigenvalue weighted by atomic mass is 16.3. The number of rotatable bonds is 1. The maximum Gasteiger partial charge on any atom is 0.259 e. The molecule has 21 heavy (non-hydrogen) atoms. The van der Waals surface area contributed by atoms with E-state index >= 15 is 0 Å². The van der Waals surface area contributed by atoms with Crippen molar-refractivity contribution < 1.29 is 9.90 Å². The van der Waals surface area contributed by atoms with E-state index in [0.717, 1.165) is 5.52 Å². The summed E-state index contributed by atoms with van der Waals surface area (Å²) in [6, 6.07) is 7.15. The molecule has 1 aromatic carbocycles. The van der Waals surface area contributed by atoms with E-state index in [4.69, 9.17) is 0 Å². The number of carbonyl (C=O) groups excluding carboxylic acids is 1. The Morgan fingerprint density at radius 2 is 2.14 bits per heavy atom. The monoisotopic (exact) mass is 286 g/mol. The largest absolute Gasteiger partial charge is 0.393 e. The molecule has 1 amide bonds. The third-order valence-corrected chi connectivity index (χ3v) is 4.17. The second-order valence-corrected chi connectivity index (χ2v) is 5.66. The predicted molar refractivity (Wildman–Crippen MR) is 80.3 cm³/mol. The zero-order chi connectivity index (χ0) is 15.0. The van der Waals surface area contributed by atoms with Gasteiger partial charge < -0.3 is 15.0 Å². The number of piperidine rings is 1. The lowest BCUT2D eigenvalue weighted by molar-refractivity contribution is 0.0297. The van der Waals surface area contributed by atoms with Crippen LogP contribution in [0.4, 0.5) is 0 Å². The molecule has 2 aromatic rings. The van der Waals surface area contributed by atoms with E-state index in [-0.39, 0.29) is 28.9 Å². The Morgan fingerprint density at radius 1 is 1.38 bits per heavy atom. The van der Waals surface area contributed by atoms with Crippen LogP contribution in [0.3, 0.4) is 0 Å². The number of aromatic nitrogens is 1. The predicted octanol–water partition coefficient (Wildman–Crippen LogP) is 1.37. The first kappa shape index (κ1) is 13.8. The number of aromatic amines is 1. The summed E-state index contributed by atoms with van der Waals surface area (Å²) < 4.78 is 0. The van der Waals surface area contributed by atoms with Crippen molar-refractivity contribution in [3.8, 4) is 0 Å². The van der Waals surface area contributed by atoms with Crippen LogP contribution in [0.25, 0.3) is 10.9 Å². The summed E-state index contributed by atoms with van der Waals surface area (Å²) >= 11 is 0. The Labute approximate surface area is 122 Å². The van der Waals surface area contributed by atoms with Gasteiger partial charge >= 0.3 is 0 Å². The number of aliphatic hydroxyl groups excluding tert-OH is 1. The van der Waals surface area contributed by atoms with Gasteiger partial charge in [-0.25, -0.2) is 0 Å². The second kappa shape index (κ2) is 5.33.